The van der Waals surface area contributed by atoms with Crippen LogP contribution in [0.1, 0.15) is 11.5 Å². The van der Waals surface area contributed by atoms with E-state index in [2.05, 4.69) is 0 Å². The van der Waals surface area contributed by atoms with Crippen LogP contribution < -0.4 is 5.73 Å². The van der Waals surface area contributed by atoms with Gasteiger partial charge in [0.1, 0.15) is 5.82 Å². The zero-order valence-electron chi connectivity index (χ0n) is 11.8. The van der Waals surface area contributed by atoms with Gasteiger partial charge in [0, 0.05) is 16.9 Å². The molecule has 23 heavy (non-hydrogen) atoms. The van der Waals surface area contributed by atoms with Gasteiger partial charge in [0.15, 0.2) is 9.84 Å². The van der Waals surface area contributed by atoms with Gasteiger partial charge in [-0.05, 0) is 42.0 Å². The Labute approximate surface area is 144 Å². The molecule has 0 heterocycles. The molecule has 2 N–H and O–H groups in total. The van der Waals surface area contributed by atoms with E-state index in [0.717, 1.165) is 0 Å². The molecule has 1 aliphatic rings. The summed E-state index contributed by atoms with van der Waals surface area (Å²) in [5, 5.41) is -0.324. The molecule has 7 heteroatoms. The minimum Gasteiger partial charge on any atom is -0.393 e. The monoisotopic (exact) mass is 369 g/mol. The van der Waals surface area contributed by atoms with Gasteiger partial charge in [-0.1, -0.05) is 36.0 Å². The van der Waals surface area contributed by atoms with Crippen molar-refractivity contribution in [2.45, 2.75) is 16.1 Å². The second-order valence-electron chi connectivity index (χ2n) is 5.47. The average Bonchev–Trinajstić information content (AvgIpc) is 3.24. The van der Waals surface area contributed by atoms with E-state index in [1.54, 1.807) is 12.1 Å². The third kappa shape index (κ3) is 2.98. The molecule has 3 nitrogen and oxygen atoms in total. The molecule has 0 unspecified atom stereocenters. The summed E-state index contributed by atoms with van der Waals surface area (Å²) in [6, 6.07) is 11.8. The third-order valence-corrected chi connectivity index (χ3v) is 6.77. The molecule has 1 fully saturated rings. The highest BCUT2D eigenvalue weighted by Gasteiger charge is 2.60. The fourth-order valence-corrected chi connectivity index (χ4v) is 5.56. The van der Waals surface area contributed by atoms with E-state index in [4.69, 9.17) is 29.6 Å². The first-order chi connectivity index (χ1) is 10.8. The lowest BCUT2D eigenvalue weighted by Gasteiger charge is -2.04. The van der Waals surface area contributed by atoms with E-state index in [-0.39, 0.29) is 9.88 Å². The molecule has 2 aromatic carbocycles. The molecule has 0 bridgehead atoms. The summed E-state index contributed by atoms with van der Waals surface area (Å²) in [4.78, 5) is 0.286. The number of hydrogen-bond acceptors (Lipinski definition) is 3. The number of nitrogens with two attached hydrogens (primary N) is 1. The molecule has 2 aromatic rings. The predicted octanol–water partition coefficient (Wildman–Crippen LogP) is 3.32. The van der Waals surface area contributed by atoms with Crippen LogP contribution in [-0.2, 0) is 9.84 Å². The first kappa shape index (κ1) is 16.4. The zero-order chi connectivity index (χ0) is 16.8. The maximum atomic E-state index is 13.4. The van der Waals surface area contributed by atoms with Crippen molar-refractivity contribution in [1.29, 1.82) is 0 Å². The smallest absolute Gasteiger partial charge is 0.182 e. The van der Waals surface area contributed by atoms with Crippen molar-refractivity contribution >= 4 is 38.6 Å². The van der Waals surface area contributed by atoms with Crippen molar-refractivity contribution in [3.05, 3.63) is 64.9 Å². The van der Waals surface area contributed by atoms with Crippen LogP contribution in [0.25, 0.3) is 0 Å². The molecular formula is C16H13ClFNO2S2. The van der Waals surface area contributed by atoms with E-state index in [0.29, 0.717) is 10.6 Å². The highest BCUT2D eigenvalue weighted by molar-refractivity contribution is 7.92. The van der Waals surface area contributed by atoms with E-state index in [1.807, 2.05) is 0 Å². The van der Waals surface area contributed by atoms with Crippen LogP contribution in [0.4, 0.5) is 4.39 Å². The Kier molecular flexibility index (Phi) is 4.16. The number of thiocarbonyl (C=S) groups is 1. The van der Waals surface area contributed by atoms with Crippen molar-refractivity contribution in [3.63, 3.8) is 0 Å². The SMILES string of the molecule is NC(=S)[C@@H]1[C@H](c2cccc(F)c2)[C@H]1S(=O)(=O)c1ccc(Cl)cc1. The van der Waals surface area contributed by atoms with Crippen molar-refractivity contribution in [2.24, 2.45) is 11.7 Å². The van der Waals surface area contributed by atoms with Crippen LogP contribution in [0.2, 0.25) is 5.02 Å². The van der Waals surface area contributed by atoms with Crippen LogP contribution in [0.5, 0.6) is 0 Å². The second-order valence-corrected chi connectivity index (χ2v) is 8.49. The second kappa shape index (κ2) is 5.85. The Bertz CT molecular complexity index is 868. The van der Waals surface area contributed by atoms with Gasteiger partial charge in [-0.3, -0.25) is 0 Å². The van der Waals surface area contributed by atoms with E-state index in [1.165, 1.54) is 36.4 Å². The van der Waals surface area contributed by atoms with Gasteiger partial charge in [0.05, 0.1) is 15.1 Å². The van der Waals surface area contributed by atoms with Gasteiger partial charge in [-0.2, -0.15) is 0 Å². The molecule has 0 aromatic heterocycles. The standard InChI is InChI=1S/C16H13ClFNO2S2/c17-10-4-6-12(7-5-10)23(20,21)15-13(14(15)16(19)22)9-2-1-3-11(18)8-9/h1-8,13-15H,(H2,19,22)/t13-,14+,15+/m0/s1. The topological polar surface area (TPSA) is 60.2 Å². The summed E-state index contributed by atoms with van der Waals surface area (Å²) in [6.07, 6.45) is 0. The van der Waals surface area contributed by atoms with Crippen molar-refractivity contribution < 1.29 is 12.8 Å². The molecular weight excluding hydrogens is 357 g/mol. The maximum absolute atomic E-state index is 13.4. The fraction of sp³-hybridized carbons (Fsp3) is 0.188. The van der Waals surface area contributed by atoms with Gasteiger partial charge in [-0.15, -0.1) is 0 Å². The van der Waals surface area contributed by atoms with Crippen LogP contribution in [-0.4, -0.2) is 18.7 Å². The van der Waals surface area contributed by atoms with Gasteiger partial charge >= 0.3 is 0 Å². The van der Waals surface area contributed by atoms with E-state index >= 15 is 0 Å². The lowest BCUT2D eigenvalue weighted by molar-refractivity contribution is 0.593. The lowest BCUT2D eigenvalue weighted by Crippen LogP contribution is -2.17. The predicted molar refractivity (Wildman–Crippen MR) is 91.8 cm³/mol. The third-order valence-electron chi connectivity index (χ3n) is 4.02. The van der Waals surface area contributed by atoms with Crippen LogP contribution in [0.3, 0.4) is 0 Å². The fourth-order valence-electron chi connectivity index (χ4n) is 2.90. The van der Waals surface area contributed by atoms with E-state index < -0.39 is 32.7 Å². The van der Waals surface area contributed by atoms with Gasteiger partial charge < -0.3 is 5.73 Å². The summed E-state index contributed by atoms with van der Waals surface area (Å²) >= 11 is 10.8. The minimum absolute atomic E-state index is 0.127. The first-order valence-corrected chi connectivity index (χ1v) is 9.20. The summed E-state index contributed by atoms with van der Waals surface area (Å²) < 4.78 is 39.1. The van der Waals surface area contributed by atoms with Crippen LogP contribution in [0, 0.1) is 11.7 Å². The molecule has 0 aliphatic heterocycles. The normalized spacial score (nSPS) is 23.5. The molecule has 0 amide bonds. The quantitative estimate of drug-likeness (QED) is 0.840. The molecule has 1 aliphatic carbocycles. The highest BCUT2D eigenvalue weighted by atomic mass is 35.5. The molecule has 120 valence electrons. The van der Waals surface area contributed by atoms with Gasteiger partial charge in [0.25, 0.3) is 0 Å². The maximum Gasteiger partial charge on any atom is 0.182 e. The molecule has 3 atom stereocenters. The largest absolute Gasteiger partial charge is 0.393 e. The molecule has 3 rings (SSSR count). The Morgan fingerprint density at radius 3 is 2.39 bits per heavy atom. The Morgan fingerprint density at radius 2 is 1.83 bits per heavy atom. The van der Waals surface area contributed by atoms with Crippen molar-refractivity contribution in [1.82, 2.24) is 0 Å². The van der Waals surface area contributed by atoms with E-state index in [9.17, 15) is 12.8 Å². The number of rotatable bonds is 4. The molecule has 0 saturated heterocycles. The summed E-state index contributed by atoms with van der Waals surface area (Å²) in [7, 11) is -3.64. The number of hydrogen-bond donors (Lipinski definition) is 1. The number of benzene rings is 2. The highest BCUT2D eigenvalue weighted by Crippen LogP contribution is 2.54. The average molecular weight is 370 g/mol. The molecule has 0 radical (unpaired) electrons. The minimum atomic E-state index is -3.64. The van der Waals surface area contributed by atoms with Crippen molar-refractivity contribution in [2.75, 3.05) is 0 Å². The Morgan fingerprint density at radius 1 is 1.17 bits per heavy atom. The Balaban J connectivity index is 2.00. The first-order valence-electron chi connectivity index (χ1n) is 6.86. The zero-order valence-corrected chi connectivity index (χ0v) is 14.2. The van der Waals surface area contributed by atoms with Crippen LogP contribution in [0.15, 0.2) is 53.4 Å². The lowest BCUT2D eigenvalue weighted by atomic mass is 10.1. The molecule has 1 saturated carbocycles. The molecule has 0 spiro atoms. The van der Waals surface area contributed by atoms with Crippen molar-refractivity contribution in [3.8, 4) is 0 Å². The van der Waals surface area contributed by atoms with Gasteiger partial charge in [0.2, 0.25) is 0 Å². The summed E-state index contributed by atoms with van der Waals surface area (Å²) in [5.74, 6) is -1.34. The summed E-state index contributed by atoms with van der Waals surface area (Å²) in [5.41, 5.74) is 6.29. The summed E-state index contributed by atoms with van der Waals surface area (Å²) in [6.45, 7) is 0. The van der Waals surface area contributed by atoms with Crippen LogP contribution >= 0.6 is 23.8 Å². The number of halogens is 2. The van der Waals surface area contributed by atoms with Gasteiger partial charge in [-0.25, -0.2) is 12.8 Å². The number of sulfone groups is 1. The Hall–Kier alpha value is -1.50.